The number of hydrogen-bond acceptors (Lipinski definition) is 5. The molecular weight excluding hydrogens is 318 g/mol. The average molecular weight is 343 g/mol. The van der Waals surface area contributed by atoms with Crippen LogP contribution in [-0.4, -0.2) is 50.8 Å². The minimum atomic E-state index is -0.907. The zero-order valence-corrected chi connectivity index (χ0v) is 14.3. The number of aliphatic hydroxyl groups is 1. The summed E-state index contributed by atoms with van der Waals surface area (Å²) in [5.74, 6) is 0.843. The zero-order chi connectivity index (χ0) is 17.5. The van der Waals surface area contributed by atoms with Crippen LogP contribution in [0.1, 0.15) is 25.7 Å². The summed E-state index contributed by atoms with van der Waals surface area (Å²) in [5.41, 5.74) is -0.907. The summed E-state index contributed by atoms with van der Waals surface area (Å²) in [6, 6.07) is 5.77. The highest BCUT2D eigenvalue weighted by Gasteiger charge is 2.34. The Balaban J connectivity index is 1.44. The lowest BCUT2D eigenvalue weighted by Crippen LogP contribution is -2.54. The van der Waals surface area contributed by atoms with Crippen LogP contribution in [-0.2, 0) is 11.3 Å². The lowest BCUT2D eigenvalue weighted by Gasteiger charge is -2.39. The number of β-amino-alcohol motifs (C(OH)–C–C–N with tert-alkyl or cyclic N) is 1. The van der Waals surface area contributed by atoms with E-state index in [4.69, 9.17) is 0 Å². The quantitative estimate of drug-likeness (QED) is 0.789. The van der Waals surface area contributed by atoms with Crippen LogP contribution >= 0.6 is 0 Å². The van der Waals surface area contributed by atoms with Crippen molar-refractivity contribution in [3.63, 3.8) is 0 Å². The highest BCUT2D eigenvalue weighted by molar-refractivity contribution is 5.75. The molecular formula is C18H25N5O2. The number of nitrogens with one attached hydrogen (secondary N) is 1. The topological polar surface area (TPSA) is 83.3 Å². The van der Waals surface area contributed by atoms with Crippen molar-refractivity contribution in [2.75, 3.05) is 24.5 Å². The number of amides is 1. The summed E-state index contributed by atoms with van der Waals surface area (Å²) in [5, 5.41) is 13.7. The lowest BCUT2D eigenvalue weighted by atomic mass is 9.92. The molecule has 25 heavy (non-hydrogen) atoms. The monoisotopic (exact) mass is 343 g/mol. The Bertz CT molecular complexity index is 661. The molecule has 3 rings (SSSR count). The van der Waals surface area contributed by atoms with Crippen molar-refractivity contribution < 1.29 is 9.90 Å². The predicted molar refractivity (Wildman–Crippen MR) is 95.1 cm³/mol. The maximum atomic E-state index is 12.0. The third kappa shape index (κ3) is 5.03. The molecule has 3 heterocycles. The molecule has 1 aliphatic heterocycles. The molecule has 1 amide bonds. The van der Waals surface area contributed by atoms with Crippen LogP contribution in [0, 0.1) is 0 Å². The summed E-state index contributed by atoms with van der Waals surface area (Å²) in [6.45, 7) is 2.41. The number of carbonyl (C=O) groups is 1. The Morgan fingerprint density at radius 3 is 3.04 bits per heavy atom. The standard InChI is InChI=1S/C18H25N5O2/c24-17(6-3-10-22-12-9-19-15-22)21-13-18(25)7-4-11-23(14-18)16-5-1-2-8-20-16/h1-2,5,8-9,12,15,25H,3-4,6-7,10-11,13-14H2,(H,21,24). The largest absolute Gasteiger partial charge is 0.386 e. The van der Waals surface area contributed by atoms with Crippen LogP contribution in [0.2, 0.25) is 0 Å². The van der Waals surface area contributed by atoms with E-state index in [-0.39, 0.29) is 12.5 Å². The Morgan fingerprint density at radius 2 is 2.28 bits per heavy atom. The highest BCUT2D eigenvalue weighted by atomic mass is 16.3. The second-order valence-electron chi connectivity index (χ2n) is 6.62. The number of aryl methyl sites for hydroxylation is 1. The first kappa shape index (κ1) is 17.4. The van der Waals surface area contributed by atoms with Gasteiger partial charge in [-0.2, -0.15) is 0 Å². The van der Waals surface area contributed by atoms with Crippen molar-refractivity contribution in [1.29, 1.82) is 0 Å². The predicted octanol–water partition coefficient (Wildman–Crippen LogP) is 1.21. The number of anilines is 1. The molecule has 7 nitrogen and oxygen atoms in total. The van der Waals surface area contributed by atoms with E-state index >= 15 is 0 Å². The van der Waals surface area contributed by atoms with E-state index in [0.29, 0.717) is 19.4 Å². The molecule has 2 N–H and O–H groups in total. The number of piperidine rings is 1. The molecule has 1 atom stereocenters. The minimum Gasteiger partial charge on any atom is -0.386 e. The van der Waals surface area contributed by atoms with Crippen LogP contribution in [0.4, 0.5) is 5.82 Å². The molecule has 0 saturated carbocycles. The van der Waals surface area contributed by atoms with Gasteiger partial charge in [-0.1, -0.05) is 6.07 Å². The van der Waals surface area contributed by atoms with E-state index in [1.54, 1.807) is 18.7 Å². The summed E-state index contributed by atoms with van der Waals surface area (Å²) in [7, 11) is 0. The lowest BCUT2D eigenvalue weighted by molar-refractivity contribution is -0.122. The van der Waals surface area contributed by atoms with E-state index in [9.17, 15) is 9.90 Å². The molecule has 2 aromatic rings. The minimum absolute atomic E-state index is 0.0245. The summed E-state index contributed by atoms with van der Waals surface area (Å²) < 4.78 is 1.95. The molecule has 1 saturated heterocycles. The Morgan fingerprint density at radius 1 is 1.36 bits per heavy atom. The Labute approximate surface area is 147 Å². The molecule has 1 unspecified atom stereocenters. The fourth-order valence-electron chi connectivity index (χ4n) is 3.19. The third-order valence-corrected chi connectivity index (χ3v) is 4.52. The van der Waals surface area contributed by atoms with E-state index in [1.807, 2.05) is 29.0 Å². The van der Waals surface area contributed by atoms with Gasteiger partial charge in [-0.3, -0.25) is 4.79 Å². The molecule has 134 valence electrons. The van der Waals surface area contributed by atoms with Crippen LogP contribution in [0.25, 0.3) is 0 Å². The van der Waals surface area contributed by atoms with Gasteiger partial charge in [0.1, 0.15) is 5.82 Å². The van der Waals surface area contributed by atoms with Crippen LogP contribution in [0.3, 0.4) is 0 Å². The van der Waals surface area contributed by atoms with Gasteiger partial charge in [0.2, 0.25) is 5.91 Å². The van der Waals surface area contributed by atoms with Crippen molar-refractivity contribution in [1.82, 2.24) is 19.9 Å². The Kier molecular flexibility index (Phi) is 5.65. The molecule has 0 aliphatic carbocycles. The fraction of sp³-hybridized carbons (Fsp3) is 0.500. The molecule has 0 spiro atoms. The summed E-state index contributed by atoms with van der Waals surface area (Å²) >= 11 is 0. The van der Waals surface area contributed by atoms with Crippen LogP contribution in [0.15, 0.2) is 43.1 Å². The van der Waals surface area contributed by atoms with E-state index in [1.165, 1.54) is 0 Å². The molecule has 7 heteroatoms. The molecule has 0 radical (unpaired) electrons. The van der Waals surface area contributed by atoms with Gasteiger partial charge in [-0.15, -0.1) is 0 Å². The van der Waals surface area contributed by atoms with Crippen molar-refractivity contribution in [2.24, 2.45) is 0 Å². The van der Waals surface area contributed by atoms with Crippen molar-refractivity contribution in [3.05, 3.63) is 43.1 Å². The van der Waals surface area contributed by atoms with Gasteiger partial charge in [-0.05, 0) is 31.4 Å². The number of nitrogens with zero attached hydrogens (tertiary/aromatic N) is 4. The number of hydrogen-bond donors (Lipinski definition) is 2. The number of carbonyl (C=O) groups excluding carboxylic acids is 1. The fourth-order valence-corrected chi connectivity index (χ4v) is 3.19. The van der Waals surface area contributed by atoms with E-state index in [2.05, 4.69) is 20.2 Å². The van der Waals surface area contributed by atoms with Gasteiger partial charge in [-0.25, -0.2) is 9.97 Å². The number of imidazole rings is 1. The van der Waals surface area contributed by atoms with Gasteiger partial charge in [0.05, 0.1) is 11.9 Å². The maximum Gasteiger partial charge on any atom is 0.220 e. The number of pyridine rings is 1. The molecule has 0 bridgehead atoms. The first-order valence-electron chi connectivity index (χ1n) is 8.75. The normalized spacial score (nSPS) is 20.4. The van der Waals surface area contributed by atoms with Gasteiger partial charge in [0.15, 0.2) is 0 Å². The third-order valence-electron chi connectivity index (χ3n) is 4.52. The van der Waals surface area contributed by atoms with Crippen molar-refractivity contribution in [3.8, 4) is 0 Å². The van der Waals surface area contributed by atoms with Gasteiger partial charge in [0, 0.05) is 51.2 Å². The molecule has 1 aliphatic rings. The second kappa shape index (κ2) is 8.11. The second-order valence-corrected chi connectivity index (χ2v) is 6.62. The van der Waals surface area contributed by atoms with E-state index < -0.39 is 5.60 Å². The molecule has 0 aromatic carbocycles. The van der Waals surface area contributed by atoms with Gasteiger partial charge >= 0.3 is 0 Å². The summed E-state index contributed by atoms with van der Waals surface area (Å²) in [4.78, 5) is 22.4. The molecule has 1 fully saturated rings. The van der Waals surface area contributed by atoms with Crippen molar-refractivity contribution in [2.45, 2.75) is 37.8 Å². The molecule has 2 aromatic heterocycles. The summed E-state index contributed by atoms with van der Waals surface area (Å²) in [6.07, 6.45) is 9.87. The van der Waals surface area contributed by atoms with E-state index in [0.717, 1.165) is 31.7 Å². The Hall–Kier alpha value is -2.41. The van der Waals surface area contributed by atoms with Crippen LogP contribution < -0.4 is 10.2 Å². The maximum absolute atomic E-state index is 12.0. The van der Waals surface area contributed by atoms with Crippen molar-refractivity contribution >= 4 is 11.7 Å². The number of aromatic nitrogens is 3. The van der Waals surface area contributed by atoms with Gasteiger partial charge in [0.25, 0.3) is 0 Å². The average Bonchev–Trinajstić information content (AvgIpc) is 3.14. The zero-order valence-electron chi connectivity index (χ0n) is 14.3. The first-order chi connectivity index (χ1) is 12.1. The first-order valence-corrected chi connectivity index (χ1v) is 8.75. The SMILES string of the molecule is O=C(CCCn1ccnc1)NCC1(O)CCCN(c2ccccn2)C1. The smallest absolute Gasteiger partial charge is 0.220 e. The highest BCUT2D eigenvalue weighted by Crippen LogP contribution is 2.24. The van der Waals surface area contributed by atoms with Gasteiger partial charge < -0.3 is 19.9 Å². The number of rotatable bonds is 7. The van der Waals surface area contributed by atoms with Crippen LogP contribution in [0.5, 0.6) is 0 Å².